The third-order valence-corrected chi connectivity index (χ3v) is 4.82. The predicted octanol–water partition coefficient (Wildman–Crippen LogP) is 4.02. The molecule has 0 saturated heterocycles. The van der Waals surface area contributed by atoms with Crippen molar-refractivity contribution in [2.45, 2.75) is 6.92 Å². The van der Waals surface area contributed by atoms with Crippen LogP contribution in [-0.4, -0.2) is 36.4 Å². The maximum atomic E-state index is 13.3. The smallest absolute Gasteiger partial charge is 0.342 e. The van der Waals surface area contributed by atoms with Crippen LogP contribution >= 0.6 is 15.9 Å². The molecule has 0 fully saturated rings. The lowest BCUT2D eigenvalue weighted by molar-refractivity contribution is -0.147. The number of benzene rings is 2. The molecule has 1 unspecified atom stereocenters. The number of rotatable bonds is 3. The van der Waals surface area contributed by atoms with Gasteiger partial charge in [-0.2, -0.15) is 5.10 Å². The van der Waals surface area contributed by atoms with E-state index in [9.17, 15) is 14.0 Å². The first-order chi connectivity index (χ1) is 12.8. The summed E-state index contributed by atoms with van der Waals surface area (Å²) in [5, 5.41) is 8.24. The van der Waals surface area contributed by atoms with Crippen LogP contribution in [0, 0.1) is 11.2 Å². The predicted molar refractivity (Wildman–Crippen MR) is 103 cm³/mol. The Labute approximate surface area is 164 Å². The van der Waals surface area contributed by atoms with Crippen LogP contribution < -0.4 is 5.32 Å². The molecule has 0 saturated carbocycles. The van der Waals surface area contributed by atoms with Gasteiger partial charge < -0.3 is 10.1 Å². The first-order valence-corrected chi connectivity index (χ1v) is 8.90. The van der Waals surface area contributed by atoms with E-state index >= 15 is 0 Å². The van der Waals surface area contributed by atoms with Crippen molar-refractivity contribution in [1.82, 2.24) is 5.01 Å². The number of amides is 2. The lowest BCUT2D eigenvalue weighted by Gasteiger charge is -2.23. The van der Waals surface area contributed by atoms with Crippen molar-refractivity contribution in [3.8, 4) is 0 Å². The number of hydrazone groups is 1. The Kier molecular flexibility index (Phi) is 5.27. The zero-order valence-corrected chi connectivity index (χ0v) is 16.3. The van der Waals surface area contributed by atoms with Gasteiger partial charge in [-0.25, -0.2) is 14.2 Å². The highest BCUT2D eigenvalue weighted by molar-refractivity contribution is 9.10. The second kappa shape index (κ2) is 7.48. The van der Waals surface area contributed by atoms with E-state index in [1.165, 1.54) is 36.4 Å². The van der Waals surface area contributed by atoms with Crippen molar-refractivity contribution in [3.63, 3.8) is 0 Å². The molecule has 3 rings (SSSR count). The Morgan fingerprint density at radius 1 is 1.19 bits per heavy atom. The zero-order valence-electron chi connectivity index (χ0n) is 14.7. The molecule has 0 bridgehead atoms. The van der Waals surface area contributed by atoms with Gasteiger partial charge in [0.15, 0.2) is 0 Å². The van der Waals surface area contributed by atoms with Crippen LogP contribution in [0.25, 0.3) is 0 Å². The number of urea groups is 1. The van der Waals surface area contributed by atoms with E-state index in [2.05, 4.69) is 26.3 Å². The normalized spacial score (nSPS) is 18.8. The molecule has 1 aliphatic heterocycles. The van der Waals surface area contributed by atoms with Crippen molar-refractivity contribution < 1.29 is 18.7 Å². The number of esters is 1. The SMILES string of the molecule is COC(=O)C1(C)CN(C(=O)Nc2ccc(Br)cc2)N=C1c1ccc(F)cc1. The lowest BCUT2D eigenvalue weighted by atomic mass is 9.82. The topological polar surface area (TPSA) is 71.0 Å². The van der Waals surface area contributed by atoms with Gasteiger partial charge in [0, 0.05) is 10.2 Å². The molecule has 0 aliphatic carbocycles. The molecule has 1 N–H and O–H groups in total. The number of nitrogens with one attached hydrogen (secondary N) is 1. The van der Waals surface area contributed by atoms with E-state index in [-0.39, 0.29) is 6.54 Å². The minimum Gasteiger partial charge on any atom is -0.468 e. The standard InChI is InChI=1S/C19H17BrFN3O3/c1-19(17(25)27-2)11-24(18(26)22-15-9-5-13(20)6-10-15)23-16(19)12-3-7-14(21)8-4-12/h3-10H,11H2,1-2H3,(H,22,26). The average Bonchev–Trinajstić information content (AvgIpc) is 3.02. The van der Waals surface area contributed by atoms with E-state index in [1.807, 2.05) is 0 Å². The summed E-state index contributed by atoms with van der Waals surface area (Å²) in [6.45, 7) is 1.66. The number of nitrogens with zero attached hydrogens (tertiary/aromatic N) is 2. The largest absolute Gasteiger partial charge is 0.468 e. The number of hydrogen-bond donors (Lipinski definition) is 1. The quantitative estimate of drug-likeness (QED) is 0.742. The molecule has 8 heteroatoms. The summed E-state index contributed by atoms with van der Waals surface area (Å²) in [7, 11) is 1.28. The summed E-state index contributed by atoms with van der Waals surface area (Å²) in [6.07, 6.45) is 0. The summed E-state index contributed by atoms with van der Waals surface area (Å²) in [4.78, 5) is 25.0. The molecule has 2 aromatic carbocycles. The van der Waals surface area contributed by atoms with E-state index < -0.39 is 23.2 Å². The van der Waals surface area contributed by atoms with Gasteiger partial charge in [0.2, 0.25) is 0 Å². The Bertz CT molecular complexity index is 899. The zero-order chi connectivity index (χ0) is 19.6. The second-order valence-corrected chi connectivity index (χ2v) is 7.19. The van der Waals surface area contributed by atoms with Crippen LogP contribution in [0.5, 0.6) is 0 Å². The minimum atomic E-state index is -1.16. The van der Waals surface area contributed by atoms with Crippen molar-refractivity contribution >= 4 is 39.3 Å². The van der Waals surface area contributed by atoms with E-state index in [4.69, 9.17) is 4.74 Å². The molecule has 1 heterocycles. The number of carbonyl (C=O) groups excluding carboxylic acids is 2. The first kappa shape index (κ1) is 19.0. The fourth-order valence-corrected chi connectivity index (χ4v) is 3.11. The lowest BCUT2D eigenvalue weighted by Crippen LogP contribution is -2.42. The minimum absolute atomic E-state index is 0.00868. The van der Waals surface area contributed by atoms with Crippen LogP contribution in [0.15, 0.2) is 58.1 Å². The van der Waals surface area contributed by atoms with Gasteiger partial charge in [0.1, 0.15) is 11.2 Å². The van der Waals surface area contributed by atoms with Crippen LogP contribution in [0.1, 0.15) is 12.5 Å². The summed E-state index contributed by atoms with van der Waals surface area (Å²) in [6, 6.07) is 12.2. The molecule has 2 aromatic rings. The summed E-state index contributed by atoms with van der Waals surface area (Å²) >= 11 is 3.33. The third kappa shape index (κ3) is 3.85. The molecule has 0 aromatic heterocycles. The Hall–Kier alpha value is -2.74. The van der Waals surface area contributed by atoms with Gasteiger partial charge in [-0.3, -0.25) is 4.79 Å². The van der Waals surface area contributed by atoms with Crippen LogP contribution in [0.4, 0.5) is 14.9 Å². The molecular weight excluding hydrogens is 417 g/mol. The molecule has 6 nitrogen and oxygen atoms in total. The van der Waals surface area contributed by atoms with Gasteiger partial charge in [-0.1, -0.05) is 28.1 Å². The molecule has 1 atom stereocenters. The van der Waals surface area contributed by atoms with Gasteiger partial charge in [-0.05, 0) is 48.9 Å². The monoisotopic (exact) mass is 433 g/mol. The third-order valence-electron chi connectivity index (χ3n) is 4.29. The van der Waals surface area contributed by atoms with Crippen LogP contribution in [0.3, 0.4) is 0 Å². The number of anilines is 1. The molecule has 0 spiro atoms. The van der Waals surface area contributed by atoms with Crippen molar-refractivity contribution in [1.29, 1.82) is 0 Å². The van der Waals surface area contributed by atoms with Gasteiger partial charge in [0.25, 0.3) is 0 Å². The first-order valence-electron chi connectivity index (χ1n) is 8.11. The summed E-state index contributed by atoms with van der Waals surface area (Å²) < 4.78 is 19.1. The summed E-state index contributed by atoms with van der Waals surface area (Å²) in [5.74, 6) is -0.925. The van der Waals surface area contributed by atoms with Crippen molar-refractivity contribution in [2.75, 3.05) is 19.0 Å². The molecule has 140 valence electrons. The molecular formula is C19H17BrFN3O3. The Morgan fingerprint density at radius 2 is 1.81 bits per heavy atom. The second-order valence-electron chi connectivity index (χ2n) is 6.27. The number of ether oxygens (including phenoxy) is 1. The highest BCUT2D eigenvalue weighted by Gasteiger charge is 2.48. The maximum Gasteiger partial charge on any atom is 0.342 e. The van der Waals surface area contributed by atoms with Crippen molar-refractivity contribution in [3.05, 3.63) is 64.4 Å². The number of halogens is 2. The highest BCUT2D eigenvalue weighted by Crippen LogP contribution is 2.33. The van der Waals surface area contributed by atoms with Gasteiger partial charge in [-0.15, -0.1) is 0 Å². The number of methoxy groups -OCH3 is 1. The average molecular weight is 434 g/mol. The molecule has 2 amide bonds. The van der Waals surface area contributed by atoms with Gasteiger partial charge in [0.05, 0.1) is 19.4 Å². The highest BCUT2D eigenvalue weighted by atomic mass is 79.9. The number of carbonyl (C=O) groups is 2. The Morgan fingerprint density at radius 3 is 2.41 bits per heavy atom. The van der Waals surface area contributed by atoms with Crippen molar-refractivity contribution in [2.24, 2.45) is 10.5 Å². The maximum absolute atomic E-state index is 13.3. The van der Waals surface area contributed by atoms with E-state index in [0.29, 0.717) is 17.0 Å². The summed E-state index contributed by atoms with van der Waals surface area (Å²) in [5.41, 5.74) is 0.320. The van der Waals surface area contributed by atoms with E-state index in [1.54, 1.807) is 31.2 Å². The number of hydrogen-bond acceptors (Lipinski definition) is 4. The molecule has 27 heavy (non-hydrogen) atoms. The van der Waals surface area contributed by atoms with Gasteiger partial charge >= 0.3 is 12.0 Å². The molecule has 0 radical (unpaired) electrons. The van der Waals surface area contributed by atoms with Crippen LogP contribution in [0.2, 0.25) is 0 Å². The molecule has 1 aliphatic rings. The fourth-order valence-electron chi connectivity index (χ4n) is 2.85. The van der Waals surface area contributed by atoms with Crippen LogP contribution in [-0.2, 0) is 9.53 Å². The Balaban J connectivity index is 1.90. The van der Waals surface area contributed by atoms with E-state index in [0.717, 1.165) is 4.47 Å². The fraction of sp³-hybridized carbons (Fsp3) is 0.211.